The zero-order valence-electron chi connectivity index (χ0n) is 9.46. The Hall–Kier alpha value is -0.620. The Kier molecular flexibility index (Phi) is 3.81. The van der Waals surface area contributed by atoms with Gasteiger partial charge in [-0.3, -0.25) is 4.99 Å². The van der Waals surface area contributed by atoms with Gasteiger partial charge in [0.25, 0.3) is 0 Å². The summed E-state index contributed by atoms with van der Waals surface area (Å²) in [5, 5.41) is 4.42. The topological polar surface area (TPSA) is 40.5 Å². The van der Waals surface area contributed by atoms with Crippen molar-refractivity contribution in [3.8, 4) is 0 Å². The lowest BCUT2D eigenvalue weighted by Crippen LogP contribution is -2.41. The van der Waals surface area contributed by atoms with E-state index in [4.69, 9.17) is 0 Å². The molecule has 1 aliphatic rings. The average Bonchev–Trinajstić information content (AvgIpc) is 2.57. The van der Waals surface area contributed by atoms with Crippen molar-refractivity contribution in [3.05, 3.63) is 14.5 Å². The van der Waals surface area contributed by atoms with Gasteiger partial charge in [0, 0.05) is 20.1 Å². The largest absolute Gasteiger partial charge is 0.350 e. The molecule has 0 saturated heterocycles. The van der Waals surface area contributed by atoms with Crippen molar-refractivity contribution in [1.29, 1.82) is 0 Å². The molecule has 88 valence electrons. The molecule has 16 heavy (non-hydrogen) atoms. The van der Waals surface area contributed by atoms with E-state index in [0.29, 0.717) is 0 Å². The van der Waals surface area contributed by atoms with Crippen molar-refractivity contribution in [1.82, 2.24) is 15.2 Å². The number of aliphatic imine (C=N–C) groups is 1. The summed E-state index contributed by atoms with van der Waals surface area (Å²) < 4.78 is 1.11. The van der Waals surface area contributed by atoms with Crippen LogP contribution in [-0.4, -0.2) is 36.0 Å². The van der Waals surface area contributed by atoms with Crippen LogP contribution in [0.25, 0.3) is 0 Å². The van der Waals surface area contributed by atoms with E-state index in [1.165, 1.54) is 0 Å². The first kappa shape index (κ1) is 11.9. The molecule has 0 unspecified atom stereocenters. The van der Waals surface area contributed by atoms with Crippen LogP contribution in [0.15, 0.2) is 8.78 Å². The fourth-order valence-electron chi connectivity index (χ4n) is 1.57. The SMILES string of the molecule is Cc1nc(CNC2=NCCCN2C)sc1Br. The molecular formula is C10H15BrN4S. The predicted molar refractivity (Wildman–Crippen MR) is 70.9 cm³/mol. The smallest absolute Gasteiger partial charge is 0.194 e. The first-order valence-corrected chi connectivity index (χ1v) is 6.89. The summed E-state index contributed by atoms with van der Waals surface area (Å²) in [6.45, 7) is 4.76. The Morgan fingerprint density at radius 1 is 1.56 bits per heavy atom. The number of thiazole rings is 1. The van der Waals surface area contributed by atoms with Crippen molar-refractivity contribution in [2.45, 2.75) is 19.9 Å². The predicted octanol–water partition coefficient (Wildman–Crippen LogP) is 2.00. The molecule has 0 aromatic carbocycles. The third-order valence-electron chi connectivity index (χ3n) is 2.46. The van der Waals surface area contributed by atoms with Crippen LogP contribution in [0, 0.1) is 6.92 Å². The van der Waals surface area contributed by atoms with E-state index >= 15 is 0 Å². The first-order chi connectivity index (χ1) is 7.66. The van der Waals surface area contributed by atoms with E-state index in [-0.39, 0.29) is 0 Å². The molecule has 0 spiro atoms. The molecule has 0 bridgehead atoms. The lowest BCUT2D eigenvalue weighted by molar-refractivity contribution is 0.446. The van der Waals surface area contributed by atoms with E-state index in [9.17, 15) is 0 Å². The van der Waals surface area contributed by atoms with Gasteiger partial charge < -0.3 is 10.2 Å². The molecule has 1 aromatic heterocycles. The van der Waals surface area contributed by atoms with Crippen LogP contribution in [0.3, 0.4) is 0 Å². The van der Waals surface area contributed by atoms with Gasteiger partial charge in [-0.25, -0.2) is 4.98 Å². The summed E-state index contributed by atoms with van der Waals surface area (Å²) in [5.41, 5.74) is 1.06. The van der Waals surface area contributed by atoms with E-state index < -0.39 is 0 Å². The zero-order valence-corrected chi connectivity index (χ0v) is 11.9. The minimum atomic E-state index is 0.750. The molecule has 1 aliphatic heterocycles. The summed E-state index contributed by atoms with van der Waals surface area (Å²) in [7, 11) is 2.06. The average molecular weight is 303 g/mol. The second-order valence-corrected chi connectivity index (χ2v) is 6.20. The minimum absolute atomic E-state index is 0.750. The van der Waals surface area contributed by atoms with Gasteiger partial charge in [-0.05, 0) is 29.3 Å². The highest BCUT2D eigenvalue weighted by Gasteiger charge is 2.11. The molecule has 0 amide bonds. The Bertz CT molecular complexity index is 382. The standard InChI is InChI=1S/C10H15BrN4S/c1-7-9(11)16-8(14-7)6-13-10-12-4-3-5-15(10)2/h3-6H2,1-2H3,(H,12,13). The fraction of sp³-hybridized carbons (Fsp3) is 0.600. The monoisotopic (exact) mass is 302 g/mol. The maximum absolute atomic E-state index is 4.46. The van der Waals surface area contributed by atoms with Gasteiger partial charge in [0.15, 0.2) is 5.96 Å². The van der Waals surface area contributed by atoms with E-state index in [1.54, 1.807) is 11.3 Å². The molecule has 6 heteroatoms. The second-order valence-electron chi connectivity index (χ2n) is 3.80. The molecule has 4 nitrogen and oxygen atoms in total. The third-order valence-corrected chi connectivity index (χ3v) is 4.46. The highest BCUT2D eigenvalue weighted by atomic mass is 79.9. The van der Waals surface area contributed by atoms with Gasteiger partial charge in [0.05, 0.1) is 16.0 Å². The van der Waals surface area contributed by atoms with Crippen LogP contribution in [0.4, 0.5) is 0 Å². The van der Waals surface area contributed by atoms with Crippen molar-refractivity contribution in [2.75, 3.05) is 20.1 Å². The molecule has 1 aromatic rings. The summed E-state index contributed by atoms with van der Waals surface area (Å²) in [4.78, 5) is 11.1. The van der Waals surface area contributed by atoms with Crippen LogP contribution < -0.4 is 5.32 Å². The fourth-order valence-corrected chi connectivity index (χ4v) is 2.95. The number of guanidine groups is 1. The van der Waals surface area contributed by atoms with Crippen molar-refractivity contribution >= 4 is 33.2 Å². The molecule has 0 aliphatic carbocycles. The number of nitrogens with zero attached hydrogens (tertiary/aromatic N) is 3. The van der Waals surface area contributed by atoms with Gasteiger partial charge >= 0.3 is 0 Å². The molecule has 2 heterocycles. The maximum Gasteiger partial charge on any atom is 0.194 e. The number of aromatic nitrogens is 1. The third kappa shape index (κ3) is 2.74. The Balaban J connectivity index is 1.94. The van der Waals surface area contributed by atoms with Crippen LogP contribution in [0.1, 0.15) is 17.1 Å². The molecule has 0 atom stereocenters. The van der Waals surface area contributed by atoms with Crippen LogP contribution in [0.2, 0.25) is 0 Å². The van der Waals surface area contributed by atoms with E-state index in [0.717, 1.165) is 46.5 Å². The van der Waals surface area contributed by atoms with E-state index in [1.807, 2.05) is 6.92 Å². The quantitative estimate of drug-likeness (QED) is 0.908. The van der Waals surface area contributed by atoms with Crippen LogP contribution in [0.5, 0.6) is 0 Å². The Labute approximate surface area is 108 Å². The lowest BCUT2D eigenvalue weighted by atomic mass is 10.3. The molecule has 0 saturated carbocycles. The highest BCUT2D eigenvalue weighted by Crippen LogP contribution is 2.23. The van der Waals surface area contributed by atoms with Crippen molar-refractivity contribution < 1.29 is 0 Å². The van der Waals surface area contributed by atoms with Gasteiger partial charge in [-0.1, -0.05) is 0 Å². The molecule has 0 fully saturated rings. The summed E-state index contributed by atoms with van der Waals surface area (Å²) in [6.07, 6.45) is 1.14. The zero-order chi connectivity index (χ0) is 11.5. The number of rotatable bonds is 2. The van der Waals surface area contributed by atoms with Gasteiger partial charge in [0.1, 0.15) is 5.01 Å². The van der Waals surface area contributed by atoms with Crippen molar-refractivity contribution in [3.63, 3.8) is 0 Å². The summed E-state index contributed by atoms with van der Waals surface area (Å²) in [6, 6.07) is 0. The highest BCUT2D eigenvalue weighted by molar-refractivity contribution is 9.11. The maximum atomic E-state index is 4.46. The summed E-state index contributed by atoms with van der Waals surface area (Å²) >= 11 is 5.16. The van der Waals surface area contributed by atoms with Gasteiger partial charge in [-0.2, -0.15) is 0 Å². The molecule has 0 radical (unpaired) electrons. The molecule has 2 rings (SSSR count). The van der Waals surface area contributed by atoms with Gasteiger partial charge in [-0.15, -0.1) is 11.3 Å². The first-order valence-electron chi connectivity index (χ1n) is 5.28. The Morgan fingerprint density at radius 2 is 2.38 bits per heavy atom. The van der Waals surface area contributed by atoms with Crippen LogP contribution in [-0.2, 0) is 6.54 Å². The number of halogens is 1. The van der Waals surface area contributed by atoms with E-state index in [2.05, 4.69) is 43.2 Å². The van der Waals surface area contributed by atoms with Crippen molar-refractivity contribution in [2.24, 2.45) is 4.99 Å². The minimum Gasteiger partial charge on any atom is -0.350 e. The summed E-state index contributed by atoms with van der Waals surface area (Å²) in [5.74, 6) is 0.982. The number of nitrogens with one attached hydrogen (secondary N) is 1. The molecule has 1 N–H and O–H groups in total. The van der Waals surface area contributed by atoms with Gasteiger partial charge in [0.2, 0.25) is 0 Å². The normalized spacial score (nSPS) is 16.2. The number of hydrogen-bond acceptors (Lipinski definition) is 5. The Morgan fingerprint density at radius 3 is 3.00 bits per heavy atom. The molecular weight excluding hydrogens is 288 g/mol. The second kappa shape index (κ2) is 5.14. The number of hydrogen-bond donors (Lipinski definition) is 1. The lowest BCUT2D eigenvalue weighted by Gasteiger charge is -2.25. The van der Waals surface area contributed by atoms with Crippen LogP contribution >= 0.6 is 27.3 Å². The number of aryl methyl sites for hydroxylation is 1.